The Hall–Kier alpha value is -3.11. The predicted molar refractivity (Wildman–Crippen MR) is 141 cm³/mol. The van der Waals surface area contributed by atoms with Crippen molar-refractivity contribution < 1.29 is 27.7 Å². The Kier molecular flexibility index (Phi) is 8.71. The summed E-state index contributed by atoms with van der Waals surface area (Å²) in [7, 11) is -3.89. The van der Waals surface area contributed by atoms with Crippen molar-refractivity contribution in [2.75, 3.05) is 19.9 Å². The lowest BCUT2D eigenvalue weighted by atomic mass is 10.0. The molecule has 1 aliphatic heterocycles. The number of aliphatic hydroxyl groups excluding tert-OH is 1. The van der Waals surface area contributed by atoms with Crippen LogP contribution in [0.25, 0.3) is 0 Å². The minimum absolute atomic E-state index is 0.0515. The van der Waals surface area contributed by atoms with Crippen molar-refractivity contribution in [1.82, 2.24) is 4.31 Å². The molecule has 0 radical (unpaired) electrons. The fourth-order valence-electron chi connectivity index (χ4n) is 4.08. The highest BCUT2D eigenvalue weighted by atomic mass is 32.2. The highest BCUT2D eigenvalue weighted by molar-refractivity contribution is 7.89. The molecule has 0 amide bonds. The molecule has 0 fully saturated rings. The molecule has 9 heteroatoms. The van der Waals surface area contributed by atoms with Crippen molar-refractivity contribution in [2.24, 2.45) is 11.7 Å². The molecule has 3 aromatic carbocycles. The number of hydrogen-bond acceptors (Lipinski definition) is 7. The van der Waals surface area contributed by atoms with Crippen LogP contribution in [-0.4, -0.2) is 49.9 Å². The molecule has 0 saturated heterocycles. The van der Waals surface area contributed by atoms with Crippen LogP contribution in [0.1, 0.15) is 25.0 Å². The molecule has 2 atom stereocenters. The zero-order valence-electron chi connectivity index (χ0n) is 21.1. The smallest absolute Gasteiger partial charge is 0.243 e. The van der Waals surface area contributed by atoms with Crippen molar-refractivity contribution in [3.05, 3.63) is 83.9 Å². The number of benzene rings is 3. The van der Waals surface area contributed by atoms with Crippen LogP contribution in [0.2, 0.25) is 0 Å². The van der Waals surface area contributed by atoms with Crippen molar-refractivity contribution in [3.63, 3.8) is 0 Å². The topological polar surface area (TPSA) is 111 Å². The minimum atomic E-state index is -3.89. The maximum atomic E-state index is 13.4. The molecule has 1 aliphatic rings. The Labute approximate surface area is 218 Å². The molecule has 0 saturated carbocycles. The Morgan fingerprint density at radius 1 is 0.946 bits per heavy atom. The van der Waals surface area contributed by atoms with Gasteiger partial charge in [0.2, 0.25) is 16.8 Å². The van der Waals surface area contributed by atoms with Crippen LogP contribution in [0.4, 0.5) is 0 Å². The molecule has 1 heterocycles. The van der Waals surface area contributed by atoms with E-state index in [2.05, 4.69) is 0 Å². The van der Waals surface area contributed by atoms with Crippen LogP contribution in [-0.2, 0) is 23.1 Å². The van der Waals surface area contributed by atoms with Gasteiger partial charge in [0.25, 0.3) is 0 Å². The van der Waals surface area contributed by atoms with Crippen LogP contribution in [0, 0.1) is 5.92 Å². The molecule has 198 valence electrons. The maximum absolute atomic E-state index is 13.4. The van der Waals surface area contributed by atoms with Gasteiger partial charge in [-0.15, -0.1) is 0 Å². The second kappa shape index (κ2) is 12.0. The average molecular weight is 527 g/mol. The van der Waals surface area contributed by atoms with Crippen molar-refractivity contribution in [2.45, 2.75) is 43.9 Å². The molecular weight excluding hydrogens is 492 g/mol. The first-order chi connectivity index (χ1) is 17.7. The highest BCUT2D eigenvalue weighted by Gasteiger charge is 2.31. The van der Waals surface area contributed by atoms with E-state index in [-0.39, 0.29) is 30.7 Å². The maximum Gasteiger partial charge on any atom is 0.243 e. The predicted octanol–water partition coefficient (Wildman–Crippen LogP) is 3.57. The number of nitrogens with two attached hydrogens (primary N) is 1. The standard InChI is InChI=1S/C28H34N2O6S/c1-20(2)16-30(37(32,33)24-12-13-27-28(15-24)36-19-35-27)17-26(31)25(29)14-21-8-10-23(11-9-21)34-18-22-6-4-3-5-7-22/h3-13,15,20,25-26,31H,14,16-19,29H2,1-2H3/t25-,26+/m0/s1. The van der Waals surface area contributed by atoms with E-state index in [1.54, 1.807) is 6.07 Å². The van der Waals surface area contributed by atoms with Crippen LogP contribution >= 0.6 is 0 Å². The first-order valence-corrected chi connectivity index (χ1v) is 13.8. The van der Waals surface area contributed by atoms with Crippen LogP contribution in [0.15, 0.2) is 77.7 Å². The van der Waals surface area contributed by atoms with E-state index in [9.17, 15) is 13.5 Å². The Morgan fingerprint density at radius 3 is 2.35 bits per heavy atom. The Morgan fingerprint density at radius 2 is 1.65 bits per heavy atom. The molecule has 0 aliphatic carbocycles. The van der Waals surface area contributed by atoms with Crippen LogP contribution < -0.4 is 19.9 Å². The van der Waals surface area contributed by atoms with E-state index in [0.29, 0.717) is 24.5 Å². The van der Waals surface area contributed by atoms with Gasteiger partial charge in [0.1, 0.15) is 12.4 Å². The Balaban J connectivity index is 1.38. The van der Waals surface area contributed by atoms with Crippen LogP contribution in [0.3, 0.4) is 0 Å². The van der Waals surface area contributed by atoms with Gasteiger partial charge in [-0.25, -0.2) is 8.42 Å². The number of rotatable bonds is 12. The molecule has 3 N–H and O–H groups in total. The summed E-state index contributed by atoms with van der Waals surface area (Å²) in [6.45, 7) is 4.51. The summed E-state index contributed by atoms with van der Waals surface area (Å²) in [5.74, 6) is 1.68. The van der Waals surface area contributed by atoms with E-state index in [1.807, 2.05) is 68.4 Å². The molecule has 8 nitrogen and oxygen atoms in total. The first kappa shape index (κ1) is 26.9. The summed E-state index contributed by atoms with van der Waals surface area (Å²) in [5, 5.41) is 10.9. The fourth-order valence-corrected chi connectivity index (χ4v) is 5.72. The molecule has 37 heavy (non-hydrogen) atoms. The normalized spacial score (nSPS) is 14.6. The first-order valence-electron chi connectivity index (χ1n) is 12.3. The molecular formula is C28H34N2O6S. The summed E-state index contributed by atoms with van der Waals surface area (Å²) in [5.41, 5.74) is 8.32. The number of nitrogens with zero attached hydrogens (tertiary/aromatic N) is 1. The van der Waals surface area contributed by atoms with E-state index in [4.69, 9.17) is 19.9 Å². The molecule has 0 unspecified atom stereocenters. The van der Waals surface area contributed by atoms with Gasteiger partial charge in [0.05, 0.1) is 11.0 Å². The van der Waals surface area contributed by atoms with Gasteiger partial charge in [-0.3, -0.25) is 0 Å². The van der Waals surface area contributed by atoms with E-state index < -0.39 is 22.2 Å². The zero-order valence-corrected chi connectivity index (χ0v) is 21.9. The largest absolute Gasteiger partial charge is 0.489 e. The van der Waals surface area contributed by atoms with Gasteiger partial charge >= 0.3 is 0 Å². The number of hydrogen-bond donors (Lipinski definition) is 2. The van der Waals surface area contributed by atoms with Crippen molar-refractivity contribution >= 4 is 10.0 Å². The monoisotopic (exact) mass is 526 g/mol. The van der Waals surface area contributed by atoms with Crippen LogP contribution in [0.5, 0.6) is 17.2 Å². The second-order valence-electron chi connectivity index (χ2n) is 9.58. The highest BCUT2D eigenvalue weighted by Crippen LogP contribution is 2.34. The third-order valence-corrected chi connectivity index (χ3v) is 7.91. The SMILES string of the molecule is CC(C)CN(C[C@@H](O)[C@@H](N)Cc1ccc(OCc2ccccc2)cc1)S(=O)(=O)c1ccc2c(c1)OCO2. The lowest BCUT2D eigenvalue weighted by Gasteiger charge is -2.28. The van der Waals surface area contributed by atoms with Gasteiger partial charge in [0.15, 0.2) is 11.5 Å². The third kappa shape index (κ3) is 7.01. The van der Waals surface area contributed by atoms with Gasteiger partial charge < -0.3 is 25.1 Å². The van der Waals surface area contributed by atoms with Gasteiger partial charge in [-0.1, -0.05) is 56.3 Å². The van der Waals surface area contributed by atoms with Gasteiger partial charge in [0, 0.05) is 25.2 Å². The van der Waals surface area contributed by atoms with E-state index in [1.165, 1.54) is 16.4 Å². The molecule has 0 bridgehead atoms. The van der Waals surface area contributed by atoms with E-state index >= 15 is 0 Å². The lowest BCUT2D eigenvalue weighted by molar-refractivity contribution is 0.116. The quantitative estimate of drug-likeness (QED) is 0.371. The van der Waals surface area contributed by atoms with Crippen molar-refractivity contribution in [1.29, 1.82) is 0 Å². The second-order valence-corrected chi connectivity index (χ2v) is 11.5. The molecule has 0 spiro atoms. The summed E-state index contributed by atoms with van der Waals surface area (Å²) < 4.78 is 44.6. The molecule has 4 rings (SSSR count). The zero-order chi connectivity index (χ0) is 26.4. The summed E-state index contributed by atoms with van der Waals surface area (Å²) in [6, 6.07) is 21.3. The lowest BCUT2D eigenvalue weighted by Crippen LogP contribution is -2.47. The summed E-state index contributed by atoms with van der Waals surface area (Å²) in [6.07, 6.45) is -0.670. The minimum Gasteiger partial charge on any atom is -0.489 e. The summed E-state index contributed by atoms with van der Waals surface area (Å²) in [4.78, 5) is 0.0873. The Bertz CT molecular complexity index is 1270. The van der Waals surface area contributed by atoms with Gasteiger partial charge in [-0.05, 0) is 47.7 Å². The summed E-state index contributed by atoms with van der Waals surface area (Å²) >= 11 is 0. The van der Waals surface area contributed by atoms with Crippen molar-refractivity contribution in [3.8, 4) is 17.2 Å². The number of fused-ring (bicyclic) bond motifs is 1. The number of aliphatic hydroxyl groups is 1. The number of ether oxygens (including phenoxy) is 3. The molecule has 3 aromatic rings. The fraction of sp³-hybridized carbons (Fsp3) is 0.357. The third-order valence-electron chi connectivity index (χ3n) is 6.08. The van der Waals surface area contributed by atoms with Gasteiger partial charge in [-0.2, -0.15) is 4.31 Å². The molecule has 0 aromatic heterocycles. The average Bonchev–Trinajstić information content (AvgIpc) is 3.36. The van der Waals surface area contributed by atoms with E-state index in [0.717, 1.165) is 16.9 Å². The number of sulfonamides is 1.